The van der Waals surface area contributed by atoms with Gasteiger partial charge in [0.05, 0.1) is 18.0 Å². The number of allylic oxidation sites excluding steroid dienone is 2. The van der Waals surface area contributed by atoms with Gasteiger partial charge < -0.3 is 4.74 Å². The maximum absolute atomic E-state index is 5.48. The summed E-state index contributed by atoms with van der Waals surface area (Å²) in [4.78, 5) is 0. The molecule has 79 valence electrons. The number of ether oxygens (including phenoxy) is 1. The molecule has 3 heteroatoms. The van der Waals surface area contributed by atoms with Crippen molar-refractivity contribution in [2.24, 2.45) is 0 Å². The molecule has 1 nitrogen and oxygen atoms in total. The highest BCUT2D eigenvalue weighted by Crippen LogP contribution is 2.52. The molecule has 1 radical (unpaired) electrons. The molecule has 0 aromatic carbocycles. The van der Waals surface area contributed by atoms with Crippen LogP contribution >= 0.6 is 23.5 Å². The van der Waals surface area contributed by atoms with Crippen molar-refractivity contribution in [3.05, 3.63) is 41.0 Å². The van der Waals surface area contributed by atoms with E-state index >= 15 is 0 Å². The molecule has 3 aliphatic heterocycles. The normalized spacial score (nSPS) is 38.9. The van der Waals surface area contributed by atoms with Crippen LogP contribution in [0, 0.1) is 6.42 Å². The fourth-order valence-corrected chi connectivity index (χ4v) is 4.75. The van der Waals surface area contributed by atoms with Gasteiger partial charge in [0.25, 0.3) is 0 Å². The predicted octanol–water partition coefficient (Wildman–Crippen LogP) is 3.17. The van der Waals surface area contributed by atoms with Crippen molar-refractivity contribution in [1.82, 2.24) is 0 Å². The van der Waals surface area contributed by atoms with E-state index in [0.29, 0.717) is 5.25 Å². The van der Waals surface area contributed by atoms with Crippen LogP contribution < -0.4 is 0 Å². The van der Waals surface area contributed by atoms with E-state index in [9.17, 15) is 0 Å². The van der Waals surface area contributed by atoms with Crippen LogP contribution in [0.5, 0.6) is 0 Å². The summed E-state index contributed by atoms with van der Waals surface area (Å²) in [7, 11) is 0. The smallest absolute Gasteiger partial charge is 0.0696 e. The van der Waals surface area contributed by atoms with Gasteiger partial charge in [-0.3, -0.25) is 0 Å². The number of thioether (sulfide) groups is 2. The van der Waals surface area contributed by atoms with Gasteiger partial charge in [-0.25, -0.2) is 0 Å². The van der Waals surface area contributed by atoms with Crippen LogP contribution in [0.1, 0.15) is 6.42 Å². The predicted molar refractivity (Wildman–Crippen MR) is 67.8 cm³/mol. The van der Waals surface area contributed by atoms with Crippen molar-refractivity contribution in [2.45, 2.75) is 16.4 Å². The van der Waals surface area contributed by atoms with Gasteiger partial charge in [-0.2, -0.15) is 0 Å². The first kappa shape index (κ1) is 10.1. The van der Waals surface area contributed by atoms with E-state index in [1.165, 1.54) is 5.57 Å². The summed E-state index contributed by atoms with van der Waals surface area (Å²) in [6.45, 7) is 1.61. The molecule has 0 aliphatic carbocycles. The highest BCUT2D eigenvalue weighted by Gasteiger charge is 2.44. The molecular weight excluding hydrogens is 224 g/mol. The fraction of sp³-hybridized carbons (Fsp3) is 0.417. The van der Waals surface area contributed by atoms with Gasteiger partial charge in [0, 0.05) is 5.25 Å². The molecule has 3 rings (SSSR count). The van der Waals surface area contributed by atoms with Crippen LogP contribution in [-0.4, -0.2) is 23.2 Å². The Kier molecular flexibility index (Phi) is 2.71. The van der Waals surface area contributed by atoms with Gasteiger partial charge in [0.15, 0.2) is 0 Å². The molecule has 15 heavy (non-hydrogen) atoms. The molecular formula is C12H13OS2. The van der Waals surface area contributed by atoms with Crippen molar-refractivity contribution in [1.29, 1.82) is 0 Å². The summed E-state index contributed by atoms with van der Waals surface area (Å²) in [5, 5.41) is 5.01. The van der Waals surface area contributed by atoms with Crippen LogP contribution in [0.15, 0.2) is 34.6 Å². The quantitative estimate of drug-likeness (QED) is 0.683. The topological polar surface area (TPSA) is 9.23 Å². The average molecular weight is 237 g/mol. The summed E-state index contributed by atoms with van der Waals surface area (Å²) < 4.78 is 5.72. The maximum Gasteiger partial charge on any atom is 0.0696 e. The summed E-state index contributed by atoms with van der Waals surface area (Å²) in [5.74, 6) is 0. The highest BCUT2D eigenvalue weighted by atomic mass is 32.2. The molecule has 0 aromatic rings. The van der Waals surface area contributed by atoms with E-state index in [1.54, 1.807) is 0 Å². The second kappa shape index (κ2) is 4.04. The van der Waals surface area contributed by atoms with E-state index < -0.39 is 0 Å². The van der Waals surface area contributed by atoms with Crippen molar-refractivity contribution in [2.75, 3.05) is 13.2 Å². The Morgan fingerprint density at radius 1 is 1.40 bits per heavy atom. The molecule has 0 N–H and O–H groups in total. The lowest BCUT2D eigenvalue weighted by atomic mass is 9.90. The Labute approximate surface area is 99.0 Å². The number of hydrogen-bond acceptors (Lipinski definition) is 3. The molecule has 0 amide bonds. The average Bonchev–Trinajstić information content (AvgIpc) is 3.02. The van der Waals surface area contributed by atoms with Crippen LogP contribution in [-0.2, 0) is 4.74 Å². The van der Waals surface area contributed by atoms with Crippen LogP contribution in [0.4, 0.5) is 0 Å². The first-order valence-corrected chi connectivity index (χ1v) is 7.00. The van der Waals surface area contributed by atoms with E-state index in [-0.39, 0.29) is 4.75 Å². The minimum absolute atomic E-state index is 0.241. The fourth-order valence-electron chi connectivity index (χ4n) is 2.28. The summed E-state index contributed by atoms with van der Waals surface area (Å²) >= 11 is 3.90. The van der Waals surface area contributed by atoms with Gasteiger partial charge in [-0.05, 0) is 29.2 Å². The van der Waals surface area contributed by atoms with Gasteiger partial charge >= 0.3 is 0 Å². The molecule has 2 atom stereocenters. The first-order chi connectivity index (χ1) is 7.42. The van der Waals surface area contributed by atoms with Crippen LogP contribution in [0.25, 0.3) is 0 Å². The van der Waals surface area contributed by atoms with E-state index in [2.05, 4.69) is 35.5 Å². The number of rotatable bonds is 2. The van der Waals surface area contributed by atoms with E-state index in [0.717, 1.165) is 19.6 Å². The Morgan fingerprint density at radius 3 is 3.00 bits per heavy atom. The standard InChI is InChI=1S/C12H13OS2/c1-3-11(14-7-1)12(5-2-8-15-12)10-4-6-13-9-10/h1-4,7-8,11H,5-6,9H2. The Hall–Kier alpha value is -0.120. The zero-order valence-electron chi connectivity index (χ0n) is 8.39. The van der Waals surface area contributed by atoms with Gasteiger partial charge in [0.2, 0.25) is 0 Å². The lowest BCUT2D eigenvalue weighted by Gasteiger charge is -2.34. The van der Waals surface area contributed by atoms with Crippen LogP contribution in [0.2, 0.25) is 0 Å². The maximum atomic E-state index is 5.48. The second-order valence-electron chi connectivity index (χ2n) is 3.91. The van der Waals surface area contributed by atoms with Gasteiger partial charge in [-0.15, -0.1) is 23.5 Å². The molecule has 3 heterocycles. The van der Waals surface area contributed by atoms with E-state index in [1.807, 2.05) is 23.5 Å². The Balaban J connectivity index is 1.88. The summed E-state index contributed by atoms with van der Waals surface area (Å²) in [5.41, 5.74) is 1.48. The van der Waals surface area contributed by atoms with Crippen molar-refractivity contribution in [3.8, 4) is 0 Å². The molecule has 3 aliphatic rings. The lowest BCUT2D eigenvalue weighted by molar-refractivity contribution is 0.205. The Bertz CT molecular complexity index is 328. The minimum atomic E-state index is 0.241. The van der Waals surface area contributed by atoms with Gasteiger partial charge in [-0.1, -0.05) is 18.2 Å². The first-order valence-electron chi connectivity index (χ1n) is 5.17. The Morgan fingerprint density at radius 2 is 2.40 bits per heavy atom. The minimum Gasteiger partial charge on any atom is -0.373 e. The van der Waals surface area contributed by atoms with Crippen molar-refractivity contribution >= 4 is 23.5 Å². The highest BCUT2D eigenvalue weighted by molar-refractivity contribution is 8.07. The van der Waals surface area contributed by atoms with Crippen molar-refractivity contribution < 1.29 is 4.74 Å². The molecule has 0 fully saturated rings. The summed E-state index contributed by atoms with van der Waals surface area (Å²) in [6.07, 6.45) is 10.2. The third kappa shape index (κ3) is 1.61. The van der Waals surface area contributed by atoms with Crippen LogP contribution in [0.3, 0.4) is 0 Å². The molecule has 0 aromatic heterocycles. The zero-order chi connectivity index (χ0) is 10.1. The molecule has 0 saturated heterocycles. The van der Waals surface area contributed by atoms with Gasteiger partial charge in [0.1, 0.15) is 0 Å². The molecule has 0 bridgehead atoms. The van der Waals surface area contributed by atoms with E-state index in [4.69, 9.17) is 4.74 Å². The second-order valence-corrected chi connectivity index (χ2v) is 6.19. The van der Waals surface area contributed by atoms with Crippen molar-refractivity contribution in [3.63, 3.8) is 0 Å². The monoisotopic (exact) mass is 237 g/mol. The third-order valence-corrected chi connectivity index (χ3v) is 5.84. The third-order valence-electron chi connectivity index (χ3n) is 3.09. The summed E-state index contributed by atoms with van der Waals surface area (Å²) in [6, 6.07) is 0. The molecule has 0 saturated carbocycles. The largest absolute Gasteiger partial charge is 0.373 e. The zero-order valence-corrected chi connectivity index (χ0v) is 10.0. The lowest BCUT2D eigenvalue weighted by Crippen LogP contribution is -2.36. The molecule has 2 unspecified atom stereocenters. The number of hydrogen-bond donors (Lipinski definition) is 0. The molecule has 0 spiro atoms. The SMILES string of the molecule is [CH]1C=CSC1C1(C2=CCOC2)CC=CS1.